The number of carbonyl (C=O) groups excluding carboxylic acids is 1. The maximum absolute atomic E-state index is 12.4. The molecule has 3 atom stereocenters. The minimum atomic E-state index is -3.58. The molecule has 2 rings (SSSR count). The molecule has 1 heterocycles. The van der Waals surface area contributed by atoms with Crippen molar-refractivity contribution >= 4 is 15.8 Å². The highest BCUT2D eigenvalue weighted by atomic mass is 32.2. The molecule has 0 amide bonds. The second-order valence-electron chi connectivity index (χ2n) is 5.79. The fourth-order valence-corrected chi connectivity index (χ4v) is 4.04. The van der Waals surface area contributed by atoms with Crippen molar-refractivity contribution in [3.63, 3.8) is 0 Å². The zero-order valence-electron chi connectivity index (χ0n) is 13.6. The van der Waals surface area contributed by atoms with E-state index in [2.05, 4.69) is 4.98 Å². The average molecular weight is 335 g/mol. The average Bonchev–Trinajstić information content (AvgIpc) is 3.26. The Bertz CT molecular complexity index is 718. The monoisotopic (exact) mass is 335 g/mol. The smallest absolute Gasteiger partial charge is 0.244 e. The number of ketones is 1. The summed E-state index contributed by atoms with van der Waals surface area (Å²) in [6.45, 7) is 6.26. The molecule has 0 aliphatic heterocycles. The second-order valence-corrected chi connectivity index (χ2v) is 7.73. The molecule has 1 aromatic rings. The third-order valence-electron chi connectivity index (χ3n) is 4.29. The molecule has 0 N–H and O–H groups in total. The highest BCUT2D eigenvalue weighted by Crippen LogP contribution is 2.41. The summed E-state index contributed by atoms with van der Waals surface area (Å²) in [6, 6.07) is 4.88. The summed E-state index contributed by atoms with van der Waals surface area (Å²) in [5.41, 5.74) is 0.315. The molecular weight excluding hydrogens is 314 g/mol. The Morgan fingerprint density at radius 2 is 2.04 bits per heavy atom. The molecule has 0 aromatic carbocycles. The van der Waals surface area contributed by atoms with Crippen LogP contribution in [0.1, 0.15) is 38.8 Å². The third-order valence-corrected chi connectivity index (χ3v) is 6.32. The van der Waals surface area contributed by atoms with Gasteiger partial charge in [0.15, 0.2) is 5.78 Å². The fraction of sp³-hybridized carbons (Fsp3) is 0.562. The van der Waals surface area contributed by atoms with Crippen molar-refractivity contribution in [2.75, 3.05) is 13.1 Å². The topological polar surface area (TPSA) is 91.1 Å². The van der Waals surface area contributed by atoms with Gasteiger partial charge >= 0.3 is 0 Å². The first-order chi connectivity index (χ1) is 10.9. The standard InChI is InChI=1S/C16H21N3O3S/c1-4-19(5-2)23(21,22)12-6-7-15(18-10-12)14(9-17)16(20)13-8-11(13)3/h6-7,10-11,13-14H,4-5,8H2,1-3H3/t11-,13-,14+/m1/s1. The summed E-state index contributed by atoms with van der Waals surface area (Å²) in [5.74, 6) is -0.789. The lowest BCUT2D eigenvalue weighted by molar-refractivity contribution is -0.120. The zero-order valence-corrected chi connectivity index (χ0v) is 14.4. The highest BCUT2D eigenvalue weighted by molar-refractivity contribution is 7.89. The zero-order chi connectivity index (χ0) is 17.2. The van der Waals surface area contributed by atoms with Crippen LogP contribution in [0.3, 0.4) is 0 Å². The number of hydrogen-bond acceptors (Lipinski definition) is 5. The molecular formula is C16H21N3O3S. The van der Waals surface area contributed by atoms with Gasteiger partial charge < -0.3 is 0 Å². The molecule has 1 fully saturated rings. The SMILES string of the molecule is CCN(CC)S(=O)(=O)c1ccc([C@H](C#N)C(=O)[C@@H]2C[C@H]2C)nc1. The number of nitrogens with zero attached hydrogens (tertiary/aromatic N) is 3. The van der Waals surface area contributed by atoms with Crippen LogP contribution in [0, 0.1) is 23.2 Å². The van der Waals surface area contributed by atoms with E-state index >= 15 is 0 Å². The number of nitriles is 1. The molecule has 1 aliphatic rings. The van der Waals surface area contributed by atoms with Crippen molar-refractivity contribution in [2.45, 2.75) is 38.0 Å². The molecule has 0 bridgehead atoms. The first-order valence-electron chi connectivity index (χ1n) is 7.76. The van der Waals surface area contributed by atoms with Crippen LogP contribution in [0.25, 0.3) is 0 Å². The van der Waals surface area contributed by atoms with Gasteiger partial charge in [-0.2, -0.15) is 9.57 Å². The molecule has 0 radical (unpaired) electrons. The predicted molar refractivity (Wildman–Crippen MR) is 85.0 cm³/mol. The first kappa shape index (κ1) is 17.6. The Kier molecular flexibility index (Phi) is 5.17. The first-order valence-corrected chi connectivity index (χ1v) is 9.20. The summed E-state index contributed by atoms with van der Waals surface area (Å²) in [7, 11) is -3.58. The van der Waals surface area contributed by atoms with Crippen LogP contribution in [0.5, 0.6) is 0 Å². The fourth-order valence-electron chi connectivity index (χ4n) is 2.64. The number of rotatable bonds is 7. The Morgan fingerprint density at radius 1 is 1.43 bits per heavy atom. The molecule has 1 saturated carbocycles. The van der Waals surface area contributed by atoms with Gasteiger partial charge in [-0.3, -0.25) is 9.78 Å². The Balaban J connectivity index is 2.25. The van der Waals surface area contributed by atoms with Crippen molar-refractivity contribution in [1.29, 1.82) is 5.26 Å². The van der Waals surface area contributed by atoms with Gasteiger partial charge in [-0.05, 0) is 24.5 Å². The molecule has 124 valence electrons. The van der Waals surface area contributed by atoms with Crippen LogP contribution in [0.4, 0.5) is 0 Å². The molecule has 1 aromatic heterocycles. The van der Waals surface area contributed by atoms with E-state index in [9.17, 15) is 18.5 Å². The van der Waals surface area contributed by atoms with Gasteiger partial charge in [0, 0.05) is 25.2 Å². The number of sulfonamides is 1. The number of carbonyl (C=O) groups is 1. The highest BCUT2D eigenvalue weighted by Gasteiger charge is 2.43. The van der Waals surface area contributed by atoms with E-state index in [0.29, 0.717) is 24.7 Å². The molecule has 0 spiro atoms. The normalized spacial score (nSPS) is 21.7. The van der Waals surface area contributed by atoms with Crippen molar-refractivity contribution in [1.82, 2.24) is 9.29 Å². The van der Waals surface area contributed by atoms with E-state index < -0.39 is 15.9 Å². The van der Waals surface area contributed by atoms with Crippen molar-refractivity contribution < 1.29 is 13.2 Å². The summed E-state index contributed by atoms with van der Waals surface area (Å²) < 4.78 is 26.1. The number of pyridine rings is 1. The minimum absolute atomic E-state index is 0.0690. The van der Waals surface area contributed by atoms with Crippen LogP contribution < -0.4 is 0 Å². The van der Waals surface area contributed by atoms with Gasteiger partial charge in [0.1, 0.15) is 10.8 Å². The van der Waals surface area contributed by atoms with E-state index in [1.165, 1.54) is 22.6 Å². The summed E-state index contributed by atoms with van der Waals surface area (Å²) >= 11 is 0. The van der Waals surface area contributed by atoms with Crippen LogP contribution in [0.15, 0.2) is 23.2 Å². The molecule has 1 aliphatic carbocycles. The maximum Gasteiger partial charge on any atom is 0.244 e. The number of hydrogen-bond donors (Lipinski definition) is 0. The second kappa shape index (κ2) is 6.77. The van der Waals surface area contributed by atoms with Gasteiger partial charge in [0.25, 0.3) is 0 Å². The lowest BCUT2D eigenvalue weighted by Crippen LogP contribution is -2.30. The third kappa shape index (κ3) is 3.43. The quantitative estimate of drug-likeness (QED) is 0.759. The lowest BCUT2D eigenvalue weighted by atomic mass is 9.97. The van der Waals surface area contributed by atoms with Crippen molar-refractivity contribution in [3.05, 3.63) is 24.0 Å². The Morgan fingerprint density at radius 3 is 2.43 bits per heavy atom. The van der Waals surface area contributed by atoms with Crippen LogP contribution >= 0.6 is 0 Å². The van der Waals surface area contributed by atoms with Crippen LogP contribution in [0.2, 0.25) is 0 Å². The van der Waals surface area contributed by atoms with E-state index in [-0.39, 0.29) is 16.6 Å². The molecule has 23 heavy (non-hydrogen) atoms. The van der Waals surface area contributed by atoms with Gasteiger partial charge in [0.05, 0.1) is 11.8 Å². The van der Waals surface area contributed by atoms with Gasteiger partial charge in [-0.15, -0.1) is 0 Å². The molecule has 0 unspecified atom stereocenters. The van der Waals surface area contributed by atoms with Gasteiger partial charge in [0.2, 0.25) is 10.0 Å². The maximum atomic E-state index is 12.4. The van der Waals surface area contributed by atoms with Crippen LogP contribution in [-0.4, -0.2) is 36.6 Å². The van der Waals surface area contributed by atoms with Crippen LogP contribution in [-0.2, 0) is 14.8 Å². The van der Waals surface area contributed by atoms with E-state index in [4.69, 9.17) is 0 Å². The largest absolute Gasteiger partial charge is 0.297 e. The summed E-state index contributed by atoms with van der Waals surface area (Å²) in [4.78, 5) is 16.4. The predicted octanol–water partition coefficient (Wildman–Crippen LogP) is 1.94. The van der Waals surface area contributed by atoms with E-state index in [0.717, 1.165) is 6.42 Å². The summed E-state index contributed by atoms with van der Waals surface area (Å²) in [6.07, 6.45) is 2.04. The van der Waals surface area contributed by atoms with Gasteiger partial charge in [-0.1, -0.05) is 20.8 Å². The van der Waals surface area contributed by atoms with E-state index in [1.54, 1.807) is 13.8 Å². The van der Waals surface area contributed by atoms with E-state index in [1.807, 2.05) is 13.0 Å². The number of Topliss-reactive ketones (excluding diaryl/α,β-unsaturated/α-hetero) is 1. The number of aromatic nitrogens is 1. The minimum Gasteiger partial charge on any atom is -0.297 e. The molecule has 6 nitrogen and oxygen atoms in total. The van der Waals surface area contributed by atoms with Crippen molar-refractivity contribution in [3.8, 4) is 6.07 Å². The van der Waals surface area contributed by atoms with Crippen molar-refractivity contribution in [2.24, 2.45) is 11.8 Å². The Labute approximate surface area is 137 Å². The van der Waals surface area contributed by atoms with Gasteiger partial charge in [-0.25, -0.2) is 8.42 Å². The molecule has 7 heteroatoms. The Hall–Kier alpha value is -1.78. The summed E-state index contributed by atoms with van der Waals surface area (Å²) in [5, 5.41) is 9.27. The lowest BCUT2D eigenvalue weighted by Gasteiger charge is -2.18. The molecule has 0 saturated heterocycles.